The first-order valence-electron chi connectivity index (χ1n) is 5.38. The molecule has 0 amide bonds. The SMILES string of the molecule is O=C(c1ccc(F)c(F)c1F)c1c(F)c(F)c(F)c(F)c1F. The Morgan fingerprint density at radius 2 is 1.05 bits per heavy atom. The van der Waals surface area contributed by atoms with Gasteiger partial charge in [-0.25, -0.2) is 35.1 Å². The third-order valence-corrected chi connectivity index (χ3v) is 2.72. The maximum atomic E-state index is 13.4. The summed E-state index contributed by atoms with van der Waals surface area (Å²) in [6.07, 6.45) is 0. The zero-order chi connectivity index (χ0) is 16.8. The van der Waals surface area contributed by atoms with Gasteiger partial charge in [0, 0.05) is 0 Å². The van der Waals surface area contributed by atoms with Crippen LogP contribution in [0.1, 0.15) is 15.9 Å². The van der Waals surface area contributed by atoms with Crippen LogP contribution < -0.4 is 0 Å². The van der Waals surface area contributed by atoms with Crippen molar-refractivity contribution < 1.29 is 39.9 Å². The van der Waals surface area contributed by atoms with E-state index in [1.807, 2.05) is 0 Å². The van der Waals surface area contributed by atoms with Crippen LogP contribution in [0.2, 0.25) is 0 Å². The largest absolute Gasteiger partial charge is 0.288 e. The van der Waals surface area contributed by atoms with E-state index in [9.17, 15) is 39.9 Å². The summed E-state index contributed by atoms with van der Waals surface area (Å²) in [5.41, 5.74) is -3.36. The van der Waals surface area contributed by atoms with Crippen molar-refractivity contribution in [2.45, 2.75) is 0 Å². The highest BCUT2D eigenvalue weighted by atomic mass is 19.2. The number of ketones is 1. The van der Waals surface area contributed by atoms with E-state index in [0.717, 1.165) is 0 Å². The molecule has 0 heterocycles. The van der Waals surface area contributed by atoms with Gasteiger partial charge in [-0.05, 0) is 12.1 Å². The number of carbonyl (C=O) groups excluding carboxylic acids is 1. The molecular formula is C13H2F8O. The van der Waals surface area contributed by atoms with Crippen molar-refractivity contribution in [2.75, 3.05) is 0 Å². The van der Waals surface area contributed by atoms with Crippen LogP contribution in [-0.2, 0) is 0 Å². The number of carbonyl (C=O) groups is 1. The van der Waals surface area contributed by atoms with Crippen LogP contribution in [0.15, 0.2) is 12.1 Å². The second-order valence-corrected chi connectivity index (χ2v) is 4.00. The van der Waals surface area contributed by atoms with E-state index in [-0.39, 0.29) is 6.07 Å². The topological polar surface area (TPSA) is 17.1 Å². The van der Waals surface area contributed by atoms with Gasteiger partial charge in [0.1, 0.15) is 5.56 Å². The van der Waals surface area contributed by atoms with E-state index in [0.29, 0.717) is 6.07 Å². The van der Waals surface area contributed by atoms with Crippen LogP contribution in [-0.4, -0.2) is 5.78 Å². The lowest BCUT2D eigenvalue weighted by atomic mass is 10.0. The van der Waals surface area contributed by atoms with Crippen molar-refractivity contribution >= 4 is 5.78 Å². The number of hydrogen-bond donors (Lipinski definition) is 0. The molecule has 0 aliphatic heterocycles. The van der Waals surface area contributed by atoms with Crippen LogP contribution in [0.25, 0.3) is 0 Å². The Kier molecular flexibility index (Phi) is 3.90. The van der Waals surface area contributed by atoms with E-state index in [2.05, 4.69) is 0 Å². The predicted octanol–water partition coefficient (Wildman–Crippen LogP) is 4.03. The van der Waals surface area contributed by atoms with Gasteiger partial charge < -0.3 is 0 Å². The summed E-state index contributed by atoms with van der Waals surface area (Å²) < 4.78 is 105. The maximum absolute atomic E-state index is 13.4. The van der Waals surface area contributed by atoms with Gasteiger partial charge in [-0.2, -0.15) is 0 Å². The molecule has 0 aliphatic rings. The van der Waals surface area contributed by atoms with Gasteiger partial charge in [0.05, 0.1) is 5.56 Å². The average molecular weight is 326 g/mol. The molecule has 2 aromatic rings. The Balaban J connectivity index is 2.73. The minimum absolute atomic E-state index is 0.262. The maximum Gasteiger partial charge on any atom is 0.202 e. The van der Waals surface area contributed by atoms with Gasteiger partial charge in [-0.15, -0.1) is 0 Å². The molecule has 0 unspecified atom stereocenters. The summed E-state index contributed by atoms with van der Waals surface area (Å²) >= 11 is 0. The monoisotopic (exact) mass is 326 g/mol. The van der Waals surface area contributed by atoms with E-state index in [1.54, 1.807) is 0 Å². The zero-order valence-electron chi connectivity index (χ0n) is 10.1. The van der Waals surface area contributed by atoms with Crippen LogP contribution in [0.3, 0.4) is 0 Å². The molecule has 0 saturated heterocycles. The molecule has 0 aliphatic carbocycles. The summed E-state index contributed by atoms with van der Waals surface area (Å²) in [5, 5.41) is 0. The van der Waals surface area contributed by atoms with Crippen LogP contribution in [0.5, 0.6) is 0 Å². The number of hydrogen-bond acceptors (Lipinski definition) is 1. The number of benzene rings is 2. The second-order valence-electron chi connectivity index (χ2n) is 4.00. The lowest BCUT2D eigenvalue weighted by Gasteiger charge is -2.08. The van der Waals surface area contributed by atoms with Crippen molar-refractivity contribution in [3.8, 4) is 0 Å². The smallest absolute Gasteiger partial charge is 0.202 e. The fourth-order valence-electron chi connectivity index (χ4n) is 1.64. The minimum atomic E-state index is -2.52. The summed E-state index contributed by atoms with van der Waals surface area (Å²) in [6, 6.07) is 0.575. The molecule has 1 nitrogen and oxygen atoms in total. The first-order valence-corrected chi connectivity index (χ1v) is 5.38. The molecule has 0 fully saturated rings. The van der Waals surface area contributed by atoms with Crippen molar-refractivity contribution in [3.63, 3.8) is 0 Å². The lowest BCUT2D eigenvalue weighted by molar-refractivity contribution is 0.102. The molecular weight excluding hydrogens is 324 g/mol. The fourth-order valence-corrected chi connectivity index (χ4v) is 1.64. The minimum Gasteiger partial charge on any atom is -0.288 e. The van der Waals surface area contributed by atoms with Crippen LogP contribution >= 0.6 is 0 Å². The van der Waals surface area contributed by atoms with Gasteiger partial charge in [-0.1, -0.05) is 0 Å². The van der Waals surface area contributed by atoms with Crippen molar-refractivity contribution in [2.24, 2.45) is 0 Å². The summed E-state index contributed by atoms with van der Waals surface area (Å²) in [4.78, 5) is 11.7. The predicted molar refractivity (Wildman–Crippen MR) is 56.0 cm³/mol. The molecule has 116 valence electrons. The molecule has 2 rings (SSSR count). The lowest BCUT2D eigenvalue weighted by Crippen LogP contribution is -2.15. The first-order chi connectivity index (χ1) is 10.2. The molecule has 9 heteroatoms. The van der Waals surface area contributed by atoms with Gasteiger partial charge in [0.15, 0.2) is 40.7 Å². The quantitative estimate of drug-likeness (QED) is 0.352. The molecule has 0 aromatic heterocycles. The van der Waals surface area contributed by atoms with Gasteiger partial charge in [0.25, 0.3) is 0 Å². The zero-order valence-corrected chi connectivity index (χ0v) is 10.1. The van der Waals surface area contributed by atoms with Crippen molar-refractivity contribution in [1.82, 2.24) is 0 Å². The molecule has 0 N–H and O–H groups in total. The third-order valence-electron chi connectivity index (χ3n) is 2.72. The van der Waals surface area contributed by atoms with E-state index in [4.69, 9.17) is 0 Å². The Morgan fingerprint density at radius 1 is 0.591 bits per heavy atom. The normalized spacial score (nSPS) is 10.9. The number of halogens is 8. The Morgan fingerprint density at radius 3 is 1.55 bits per heavy atom. The highest BCUT2D eigenvalue weighted by Crippen LogP contribution is 2.26. The Labute approximate surface area is 116 Å². The fraction of sp³-hybridized carbons (Fsp3) is 0. The highest BCUT2D eigenvalue weighted by Gasteiger charge is 2.32. The molecule has 0 spiro atoms. The van der Waals surface area contributed by atoms with E-state index >= 15 is 0 Å². The van der Waals surface area contributed by atoms with Crippen molar-refractivity contribution in [3.05, 3.63) is 69.8 Å². The van der Waals surface area contributed by atoms with Gasteiger partial charge in [-0.3, -0.25) is 4.79 Å². The van der Waals surface area contributed by atoms with Crippen molar-refractivity contribution in [1.29, 1.82) is 0 Å². The highest BCUT2D eigenvalue weighted by molar-refractivity contribution is 6.09. The van der Waals surface area contributed by atoms with Crippen LogP contribution in [0.4, 0.5) is 35.1 Å². The van der Waals surface area contributed by atoms with E-state index in [1.165, 1.54) is 0 Å². The molecule has 0 atom stereocenters. The summed E-state index contributed by atoms with van der Waals surface area (Å²) in [6.45, 7) is 0. The average Bonchev–Trinajstić information content (AvgIpc) is 2.49. The van der Waals surface area contributed by atoms with Crippen LogP contribution in [0, 0.1) is 46.5 Å². The Bertz CT molecular complexity index is 770. The standard InChI is InChI=1S/C13H2F8O/c14-4-2-1-3(6(15)7(4)16)13(22)5-8(17)10(19)12(21)11(20)9(5)18/h1-2H. The molecule has 0 saturated carbocycles. The van der Waals surface area contributed by atoms with Gasteiger partial charge >= 0.3 is 0 Å². The molecule has 0 radical (unpaired) electrons. The summed E-state index contributed by atoms with van der Waals surface area (Å²) in [7, 11) is 0. The second kappa shape index (κ2) is 5.39. The van der Waals surface area contributed by atoms with E-state index < -0.39 is 63.4 Å². The Hall–Kier alpha value is -2.45. The van der Waals surface area contributed by atoms with Gasteiger partial charge in [0.2, 0.25) is 11.6 Å². The molecule has 22 heavy (non-hydrogen) atoms. The third kappa shape index (κ3) is 2.22. The summed E-state index contributed by atoms with van der Waals surface area (Å²) in [5.74, 6) is -20.4. The number of rotatable bonds is 2. The first kappa shape index (κ1) is 15.9. The molecule has 0 bridgehead atoms. The molecule has 2 aromatic carbocycles.